The van der Waals surface area contributed by atoms with Crippen LogP contribution in [0.15, 0.2) is 36.8 Å². The van der Waals surface area contributed by atoms with Crippen LogP contribution in [0.2, 0.25) is 0 Å². The summed E-state index contributed by atoms with van der Waals surface area (Å²) in [5, 5.41) is 3.15. The molecule has 1 amide bonds. The first kappa shape index (κ1) is 16.3. The number of hydrogen-bond acceptors (Lipinski definition) is 6. The predicted molar refractivity (Wildman–Crippen MR) is 91.6 cm³/mol. The van der Waals surface area contributed by atoms with Crippen molar-refractivity contribution in [2.45, 2.75) is 13.5 Å². The zero-order valence-corrected chi connectivity index (χ0v) is 13.9. The van der Waals surface area contributed by atoms with Gasteiger partial charge in [-0.15, -0.1) is 0 Å². The Morgan fingerprint density at radius 1 is 1.12 bits per heavy atom. The number of nitrogens with zero attached hydrogens (tertiary/aromatic N) is 5. The van der Waals surface area contributed by atoms with Crippen molar-refractivity contribution in [2.75, 3.05) is 38.0 Å². The van der Waals surface area contributed by atoms with Gasteiger partial charge in [0.2, 0.25) is 5.95 Å². The second-order valence-corrected chi connectivity index (χ2v) is 5.70. The molecule has 0 atom stereocenters. The lowest BCUT2D eigenvalue weighted by Crippen LogP contribution is -2.48. The summed E-state index contributed by atoms with van der Waals surface area (Å²) >= 11 is 0. The molecule has 0 aromatic carbocycles. The van der Waals surface area contributed by atoms with Crippen molar-refractivity contribution in [2.24, 2.45) is 0 Å². The minimum atomic E-state index is -0.0277. The zero-order chi connectivity index (χ0) is 16.8. The Morgan fingerprint density at radius 2 is 1.88 bits per heavy atom. The zero-order valence-electron chi connectivity index (χ0n) is 13.9. The van der Waals surface area contributed by atoms with Gasteiger partial charge in [-0.05, 0) is 30.3 Å². The minimum absolute atomic E-state index is 0.0277. The molecule has 24 heavy (non-hydrogen) atoms. The molecule has 0 saturated carbocycles. The average molecular weight is 326 g/mol. The van der Waals surface area contributed by atoms with Gasteiger partial charge in [0.25, 0.3) is 5.91 Å². The highest BCUT2D eigenvalue weighted by Crippen LogP contribution is 2.09. The van der Waals surface area contributed by atoms with E-state index in [-0.39, 0.29) is 5.91 Å². The topological polar surface area (TPSA) is 74.2 Å². The van der Waals surface area contributed by atoms with Gasteiger partial charge in [0.15, 0.2) is 0 Å². The Morgan fingerprint density at radius 3 is 2.58 bits per heavy atom. The largest absolute Gasteiger partial charge is 0.350 e. The fourth-order valence-corrected chi connectivity index (χ4v) is 2.67. The van der Waals surface area contributed by atoms with Crippen LogP contribution in [0.25, 0.3) is 0 Å². The Bertz CT molecular complexity index is 670. The molecule has 7 heteroatoms. The molecule has 0 bridgehead atoms. The van der Waals surface area contributed by atoms with Crippen LogP contribution in [-0.2, 0) is 6.54 Å². The maximum Gasteiger partial charge on any atom is 0.272 e. The summed E-state index contributed by atoms with van der Waals surface area (Å²) in [6.45, 7) is 7.09. The van der Waals surface area contributed by atoms with E-state index in [1.165, 1.54) is 0 Å². The molecule has 1 saturated heterocycles. The standard InChI is InChI=1S/C17H22N6O/c1-2-22-9-11-23(12-10-22)16(24)15-5-8-19-17(21-15)20-13-14-3-6-18-7-4-14/h3-8H,2,9-13H2,1H3,(H,19,20,21). The monoisotopic (exact) mass is 326 g/mol. The maximum atomic E-state index is 12.6. The number of anilines is 1. The third-order valence-electron chi connectivity index (χ3n) is 4.18. The summed E-state index contributed by atoms with van der Waals surface area (Å²) in [4.78, 5) is 29.3. The molecule has 1 aliphatic rings. The molecule has 0 spiro atoms. The predicted octanol–water partition coefficient (Wildman–Crippen LogP) is 1.26. The normalized spacial score (nSPS) is 15.3. The highest BCUT2D eigenvalue weighted by atomic mass is 16.2. The Kier molecular flexibility index (Phi) is 5.32. The van der Waals surface area contributed by atoms with Crippen molar-refractivity contribution in [3.63, 3.8) is 0 Å². The van der Waals surface area contributed by atoms with Crippen LogP contribution < -0.4 is 5.32 Å². The van der Waals surface area contributed by atoms with Crippen LogP contribution in [-0.4, -0.2) is 63.4 Å². The molecular formula is C17H22N6O. The van der Waals surface area contributed by atoms with Crippen molar-refractivity contribution >= 4 is 11.9 Å². The summed E-state index contributed by atoms with van der Waals surface area (Å²) in [6.07, 6.45) is 5.11. The number of piperazine rings is 1. The van der Waals surface area contributed by atoms with Gasteiger partial charge in [0.1, 0.15) is 5.69 Å². The number of nitrogens with one attached hydrogen (secondary N) is 1. The number of hydrogen-bond donors (Lipinski definition) is 1. The van der Waals surface area contributed by atoms with E-state index in [4.69, 9.17) is 0 Å². The number of carbonyl (C=O) groups is 1. The van der Waals surface area contributed by atoms with Gasteiger partial charge in [-0.25, -0.2) is 9.97 Å². The van der Waals surface area contributed by atoms with E-state index in [1.807, 2.05) is 17.0 Å². The highest BCUT2D eigenvalue weighted by Gasteiger charge is 2.22. The molecule has 2 aromatic rings. The summed E-state index contributed by atoms with van der Waals surface area (Å²) in [5.41, 5.74) is 1.52. The van der Waals surface area contributed by atoms with Gasteiger partial charge < -0.3 is 15.1 Å². The molecule has 0 unspecified atom stereocenters. The molecule has 1 N–H and O–H groups in total. The molecule has 126 valence electrons. The van der Waals surface area contributed by atoms with Crippen LogP contribution >= 0.6 is 0 Å². The quantitative estimate of drug-likeness (QED) is 0.892. The van der Waals surface area contributed by atoms with E-state index in [1.54, 1.807) is 24.7 Å². The fraction of sp³-hybridized carbons (Fsp3) is 0.412. The van der Waals surface area contributed by atoms with E-state index in [0.29, 0.717) is 18.2 Å². The summed E-state index contributed by atoms with van der Waals surface area (Å²) in [7, 11) is 0. The summed E-state index contributed by atoms with van der Waals surface area (Å²) < 4.78 is 0. The molecular weight excluding hydrogens is 304 g/mol. The molecule has 0 aliphatic carbocycles. The van der Waals surface area contributed by atoms with Crippen molar-refractivity contribution in [1.29, 1.82) is 0 Å². The number of rotatable bonds is 5. The van der Waals surface area contributed by atoms with Gasteiger partial charge in [0.05, 0.1) is 0 Å². The first-order valence-corrected chi connectivity index (χ1v) is 8.23. The number of likely N-dealkylation sites (N-methyl/N-ethyl adjacent to an activating group) is 1. The second kappa shape index (κ2) is 7.83. The van der Waals surface area contributed by atoms with E-state index in [9.17, 15) is 4.79 Å². The molecule has 3 rings (SSSR count). The first-order valence-electron chi connectivity index (χ1n) is 8.23. The van der Waals surface area contributed by atoms with Crippen molar-refractivity contribution in [1.82, 2.24) is 24.8 Å². The third kappa shape index (κ3) is 4.05. The van der Waals surface area contributed by atoms with Gasteiger partial charge in [-0.3, -0.25) is 9.78 Å². The molecule has 0 radical (unpaired) electrons. The Labute approximate surface area is 141 Å². The van der Waals surface area contributed by atoms with Gasteiger partial charge >= 0.3 is 0 Å². The summed E-state index contributed by atoms with van der Waals surface area (Å²) in [6, 6.07) is 5.52. The van der Waals surface area contributed by atoms with E-state index in [0.717, 1.165) is 38.3 Å². The van der Waals surface area contributed by atoms with Crippen molar-refractivity contribution in [3.8, 4) is 0 Å². The smallest absolute Gasteiger partial charge is 0.272 e. The minimum Gasteiger partial charge on any atom is -0.350 e. The van der Waals surface area contributed by atoms with E-state index >= 15 is 0 Å². The van der Waals surface area contributed by atoms with E-state index < -0.39 is 0 Å². The molecule has 3 heterocycles. The summed E-state index contributed by atoms with van der Waals surface area (Å²) in [5.74, 6) is 0.435. The Balaban J connectivity index is 1.61. The van der Waals surface area contributed by atoms with Crippen LogP contribution in [0.5, 0.6) is 0 Å². The second-order valence-electron chi connectivity index (χ2n) is 5.70. The average Bonchev–Trinajstić information content (AvgIpc) is 2.67. The number of pyridine rings is 1. The molecule has 7 nitrogen and oxygen atoms in total. The highest BCUT2D eigenvalue weighted by molar-refractivity contribution is 5.92. The fourth-order valence-electron chi connectivity index (χ4n) is 2.67. The number of aromatic nitrogens is 3. The lowest BCUT2D eigenvalue weighted by molar-refractivity contribution is 0.0637. The van der Waals surface area contributed by atoms with Crippen LogP contribution in [0.1, 0.15) is 23.0 Å². The Hall–Kier alpha value is -2.54. The van der Waals surface area contributed by atoms with Gasteiger partial charge in [-0.2, -0.15) is 0 Å². The SMILES string of the molecule is CCN1CCN(C(=O)c2ccnc(NCc3ccncc3)n2)CC1. The van der Waals surface area contributed by atoms with Gasteiger partial charge in [0, 0.05) is 51.3 Å². The van der Waals surface area contributed by atoms with Gasteiger partial charge in [-0.1, -0.05) is 6.92 Å². The lowest BCUT2D eigenvalue weighted by Gasteiger charge is -2.33. The maximum absolute atomic E-state index is 12.6. The van der Waals surface area contributed by atoms with Crippen LogP contribution in [0, 0.1) is 0 Å². The van der Waals surface area contributed by atoms with Crippen molar-refractivity contribution < 1.29 is 4.79 Å². The van der Waals surface area contributed by atoms with Crippen LogP contribution in [0.4, 0.5) is 5.95 Å². The number of carbonyl (C=O) groups excluding carboxylic acids is 1. The molecule has 1 aliphatic heterocycles. The first-order chi connectivity index (χ1) is 11.8. The van der Waals surface area contributed by atoms with Crippen molar-refractivity contribution in [3.05, 3.63) is 48.0 Å². The third-order valence-corrected chi connectivity index (χ3v) is 4.18. The van der Waals surface area contributed by atoms with E-state index in [2.05, 4.69) is 32.1 Å². The molecule has 2 aromatic heterocycles. The van der Waals surface area contributed by atoms with Crippen LogP contribution in [0.3, 0.4) is 0 Å². The lowest BCUT2D eigenvalue weighted by atomic mass is 10.2. The number of amides is 1. The molecule has 1 fully saturated rings.